The molecule has 0 bridgehead atoms. The lowest BCUT2D eigenvalue weighted by molar-refractivity contribution is -0.123. The van der Waals surface area contributed by atoms with Crippen molar-refractivity contribution in [2.45, 2.75) is 42.7 Å². The maximum Gasteiger partial charge on any atom is 0.318 e. The van der Waals surface area contributed by atoms with Gasteiger partial charge in [-0.05, 0) is 49.1 Å². The van der Waals surface area contributed by atoms with Crippen LogP contribution in [0, 0.1) is 0 Å². The summed E-state index contributed by atoms with van der Waals surface area (Å²) in [6.07, 6.45) is 3.37. The maximum absolute atomic E-state index is 13.7. The summed E-state index contributed by atoms with van der Waals surface area (Å²) >= 11 is 0. The van der Waals surface area contributed by atoms with Gasteiger partial charge in [0.1, 0.15) is 6.04 Å². The molecule has 3 N–H and O–H groups in total. The van der Waals surface area contributed by atoms with Crippen molar-refractivity contribution in [1.82, 2.24) is 20.9 Å². The molecular weight excluding hydrogens is 592 g/mol. The molecular formula is C34H40N4O6S. The molecule has 1 saturated heterocycles. The van der Waals surface area contributed by atoms with Crippen LogP contribution in [0.15, 0.2) is 107 Å². The van der Waals surface area contributed by atoms with Crippen LogP contribution in [0.5, 0.6) is 0 Å². The van der Waals surface area contributed by atoms with Gasteiger partial charge in [0.2, 0.25) is 5.91 Å². The van der Waals surface area contributed by atoms with Crippen molar-refractivity contribution in [2.24, 2.45) is 0 Å². The normalized spacial score (nSPS) is 14.8. The fraction of sp³-hybridized carbons (Fsp3) is 0.324. The van der Waals surface area contributed by atoms with Crippen molar-refractivity contribution in [3.8, 4) is 0 Å². The molecule has 2 atom stereocenters. The molecule has 0 aromatic heterocycles. The van der Waals surface area contributed by atoms with Crippen LogP contribution in [0.3, 0.4) is 0 Å². The minimum Gasteiger partial charge on any atom is -0.378 e. The molecule has 1 aliphatic rings. The van der Waals surface area contributed by atoms with Gasteiger partial charge in [-0.15, -0.1) is 0 Å². The minimum absolute atomic E-state index is 0.148. The molecule has 1 fully saturated rings. The highest BCUT2D eigenvalue weighted by Gasteiger charge is 2.26. The standard InChI is InChI=1S/C34H40N4O6S/c39-32(28-14-6-2-7-15-28)35-20-11-10-16-29(19-25-45(42,43)30-17-8-3-9-18-30)36-33(40)31(26-27-12-4-1-5-13-27)37-34(41)38-21-23-44-24-22-38/h1-9,12-15,17-19,25,29,31H,10-11,16,20-24,26H2,(H,35,39)(H,36,40)(H,37,41)/b25-19+/t29-,31-/m0/s1. The van der Waals surface area contributed by atoms with Crippen LogP contribution in [0.4, 0.5) is 4.79 Å². The molecule has 10 nitrogen and oxygen atoms in total. The highest BCUT2D eigenvalue weighted by molar-refractivity contribution is 7.94. The molecule has 0 unspecified atom stereocenters. The molecule has 1 aliphatic heterocycles. The third kappa shape index (κ3) is 10.9. The number of nitrogens with zero attached hydrogens (tertiary/aromatic N) is 1. The van der Waals surface area contributed by atoms with Gasteiger partial charge in [0.25, 0.3) is 5.91 Å². The minimum atomic E-state index is -3.75. The topological polar surface area (TPSA) is 134 Å². The fourth-order valence-electron chi connectivity index (χ4n) is 4.84. The first-order valence-electron chi connectivity index (χ1n) is 15.1. The first-order valence-corrected chi connectivity index (χ1v) is 16.7. The molecule has 4 rings (SSSR count). The fourth-order valence-corrected chi connectivity index (χ4v) is 5.93. The molecule has 0 saturated carbocycles. The number of rotatable bonds is 14. The lowest BCUT2D eigenvalue weighted by Gasteiger charge is -2.29. The number of hydrogen-bond donors (Lipinski definition) is 3. The van der Waals surface area contributed by atoms with Crippen LogP contribution in [0.1, 0.15) is 35.2 Å². The zero-order valence-electron chi connectivity index (χ0n) is 25.1. The van der Waals surface area contributed by atoms with Gasteiger partial charge >= 0.3 is 6.03 Å². The number of benzene rings is 3. The van der Waals surface area contributed by atoms with Crippen molar-refractivity contribution in [2.75, 3.05) is 32.8 Å². The van der Waals surface area contributed by atoms with Crippen LogP contribution in [0.25, 0.3) is 0 Å². The summed E-state index contributed by atoms with van der Waals surface area (Å²) in [5, 5.41) is 9.83. The molecule has 1 heterocycles. The summed E-state index contributed by atoms with van der Waals surface area (Å²) in [4.78, 5) is 40.9. The SMILES string of the molecule is O=C(NCCCC[C@@H](/C=C/S(=O)(=O)c1ccccc1)NC(=O)[C@H](Cc1ccccc1)NC(=O)N1CCOCC1)c1ccccc1. The van der Waals surface area contributed by atoms with E-state index in [0.29, 0.717) is 57.7 Å². The number of morpholine rings is 1. The number of carbonyl (C=O) groups is 3. The molecule has 11 heteroatoms. The Morgan fingerprint density at radius 1 is 0.822 bits per heavy atom. The molecule has 0 spiro atoms. The molecule has 3 aromatic rings. The smallest absolute Gasteiger partial charge is 0.318 e. The number of ether oxygens (including phenoxy) is 1. The van der Waals surface area contributed by atoms with Crippen molar-refractivity contribution < 1.29 is 27.5 Å². The van der Waals surface area contributed by atoms with Crippen LogP contribution in [0.2, 0.25) is 0 Å². The highest BCUT2D eigenvalue weighted by atomic mass is 32.2. The second-order valence-corrected chi connectivity index (χ2v) is 12.5. The molecule has 0 radical (unpaired) electrons. The van der Waals surface area contributed by atoms with Crippen LogP contribution < -0.4 is 16.0 Å². The van der Waals surface area contributed by atoms with E-state index in [9.17, 15) is 22.8 Å². The average molecular weight is 633 g/mol. The maximum atomic E-state index is 13.7. The number of sulfone groups is 1. The molecule has 0 aliphatic carbocycles. The van der Waals surface area contributed by atoms with E-state index < -0.39 is 27.8 Å². The van der Waals surface area contributed by atoms with E-state index in [1.807, 2.05) is 36.4 Å². The van der Waals surface area contributed by atoms with E-state index in [1.54, 1.807) is 47.4 Å². The summed E-state index contributed by atoms with van der Waals surface area (Å²) in [5.41, 5.74) is 1.44. The Morgan fingerprint density at radius 3 is 2.11 bits per heavy atom. The Kier molecular flexibility index (Phi) is 12.7. The van der Waals surface area contributed by atoms with Crippen LogP contribution in [-0.4, -0.2) is 76.1 Å². The van der Waals surface area contributed by atoms with Gasteiger partial charge < -0.3 is 25.6 Å². The Bertz CT molecular complexity index is 1510. The number of unbranched alkanes of at least 4 members (excludes halogenated alkanes) is 1. The van der Waals surface area contributed by atoms with Crippen LogP contribution >= 0.6 is 0 Å². The summed E-state index contributed by atoms with van der Waals surface area (Å²) in [7, 11) is -3.75. The average Bonchev–Trinajstić information content (AvgIpc) is 3.08. The van der Waals surface area contributed by atoms with E-state index in [2.05, 4.69) is 16.0 Å². The molecule has 4 amide bonds. The number of nitrogens with one attached hydrogen (secondary N) is 3. The quantitative estimate of drug-likeness (QED) is 0.232. The summed E-state index contributed by atoms with van der Waals surface area (Å²) in [5.74, 6) is -0.598. The van der Waals surface area contributed by atoms with Gasteiger partial charge in [-0.3, -0.25) is 9.59 Å². The lowest BCUT2D eigenvalue weighted by Crippen LogP contribution is -2.55. The Labute approximate surface area is 264 Å². The lowest BCUT2D eigenvalue weighted by atomic mass is 10.0. The number of hydrogen-bond acceptors (Lipinski definition) is 6. The number of carbonyl (C=O) groups excluding carboxylic acids is 3. The third-order valence-electron chi connectivity index (χ3n) is 7.35. The Balaban J connectivity index is 1.44. The predicted molar refractivity (Wildman–Crippen MR) is 172 cm³/mol. The molecule has 238 valence electrons. The van der Waals surface area contributed by atoms with E-state index in [0.717, 1.165) is 11.0 Å². The van der Waals surface area contributed by atoms with Crippen molar-refractivity contribution >= 4 is 27.7 Å². The van der Waals surface area contributed by atoms with Gasteiger partial charge in [0, 0.05) is 43.1 Å². The summed E-state index contributed by atoms with van der Waals surface area (Å²) in [6.45, 7) is 2.13. The van der Waals surface area contributed by atoms with Gasteiger partial charge in [-0.25, -0.2) is 13.2 Å². The van der Waals surface area contributed by atoms with Crippen LogP contribution in [-0.2, 0) is 25.8 Å². The number of amides is 4. The zero-order valence-corrected chi connectivity index (χ0v) is 26.0. The largest absolute Gasteiger partial charge is 0.378 e. The van der Waals surface area contributed by atoms with E-state index >= 15 is 0 Å². The van der Waals surface area contributed by atoms with Gasteiger partial charge in [0.15, 0.2) is 9.84 Å². The summed E-state index contributed by atoms with van der Waals surface area (Å²) < 4.78 is 31.3. The predicted octanol–water partition coefficient (Wildman–Crippen LogP) is 3.71. The third-order valence-corrected chi connectivity index (χ3v) is 8.79. The van der Waals surface area contributed by atoms with Gasteiger partial charge in [-0.1, -0.05) is 72.8 Å². The number of urea groups is 1. The molecule has 3 aromatic carbocycles. The zero-order chi connectivity index (χ0) is 31.9. The summed E-state index contributed by atoms with van der Waals surface area (Å²) in [6, 6.07) is 24.5. The Hall–Kier alpha value is -4.48. The van der Waals surface area contributed by atoms with Crippen molar-refractivity contribution in [3.63, 3.8) is 0 Å². The Morgan fingerprint density at radius 2 is 1.44 bits per heavy atom. The van der Waals surface area contributed by atoms with E-state index in [1.165, 1.54) is 18.2 Å². The second kappa shape index (κ2) is 17.1. The van der Waals surface area contributed by atoms with E-state index in [4.69, 9.17) is 4.74 Å². The second-order valence-electron chi connectivity index (χ2n) is 10.7. The van der Waals surface area contributed by atoms with E-state index in [-0.39, 0.29) is 23.3 Å². The first kappa shape index (κ1) is 33.4. The first-order chi connectivity index (χ1) is 21.8. The van der Waals surface area contributed by atoms with Gasteiger partial charge in [0.05, 0.1) is 18.1 Å². The van der Waals surface area contributed by atoms with Crippen molar-refractivity contribution in [3.05, 3.63) is 114 Å². The van der Waals surface area contributed by atoms with Crippen molar-refractivity contribution in [1.29, 1.82) is 0 Å². The monoisotopic (exact) mass is 632 g/mol. The molecule has 45 heavy (non-hydrogen) atoms. The highest BCUT2D eigenvalue weighted by Crippen LogP contribution is 2.14. The van der Waals surface area contributed by atoms with Gasteiger partial charge in [-0.2, -0.15) is 0 Å².